The normalized spacial score (nSPS) is 11.1. The monoisotopic (exact) mass is 346 g/mol. The number of rotatable bonds is 6. The SMILES string of the molecule is CCCNC(=O)c1ccc(S(=O)(=O)Nc2c(C)cccc2C)cc1. The van der Waals surface area contributed by atoms with Crippen molar-refractivity contribution in [3.8, 4) is 0 Å². The van der Waals surface area contributed by atoms with Gasteiger partial charge in [-0.25, -0.2) is 8.42 Å². The molecule has 0 bridgehead atoms. The maximum Gasteiger partial charge on any atom is 0.261 e. The van der Waals surface area contributed by atoms with E-state index in [0.717, 1.165) is 17.5 Å². The van der Waals surface area contributed by atoms with Crippen LogP contribution in [0.25, 0.3) is 0 Å². The lowest BCUT2D eigenvalue weighted by Crippen LogP contribution is -2.24. The van der Waals surface area contributed by atoms with Crippen LogP contribution >= 0.6 is 0 Å². The predicted molar refractivity (Wildman–Crippen MR) is 95.8 cm³/mol. The number of para-hydroxylation sites is 1. The standard InChI is InChI=1S/C18H22N2O3S/c1-4-12-19-18(21)15-8-10-16(11-9-15)24(22,23)20-17-13(2)6-5-7-14(17)3/h5-11,20H,4,12H2,1-3H3,(H,19,21). The van der Waals surface area contributed by atoms with Gasteiger partial charge in [-0.15, -0.1) is 0 Å². The van der Waals surface area contributed by atoms with E-state index in [2.05, 4.69) is 10.0 Å². The molecule has 2 aromatic carbocycles. The van der Waals surface area contributed by atoms with Gasteiger partial charge in [-0.3, -0.25) is 9.52 Å². The fraction of sp³-hybridized carbons (Fsp3) is 0.278. The Balaban J connectivity index is 2.22. The van der Waals surface area contributed by atoms with Gasteiger partial charge in [0.1, 0.15) is 0 Å². The van der Waals surface area contributed by atoms with Crippen LogP contribution in [0.1, 0.15) is 34.8 Å². The van der Waals surface area contributed by atoms with Crippen LogP contribution in [-0.4, -0.2) is 20.9 Å². The van der Waals surface area contributed by atoms with Gasteiger partial charge in [-0.05, 0) is 55.7 Å². The van der Waals surface area contributed by atoms with Crippen molar-refractivity contribution >= 4 is 21.6 Å². The van der Waals surface area contributed by atoms with Gasteiger partial charge in [-0.2, -0.15) is 0 Å². The molecule has 24 heavy (non-hydrogen) atoms. The molecule has 0 radical (unpaired) electrons. The number of carbonyl (C=O) groups excluding carboxylic acids is 1. The van der Waals surface area contributed by atoms with E-state index in [4.69, 9.17) is 0 Å². The molecule has 2 N–H and O–H groups in total. The molecule has 1 amide bonds. The summed E-state index contributed by atoms with van der Waals surface area (Å²) in [5.41, 5.74) is 2.74. The second kappa shape index (κ2) is 7.49. The summed E-state index contributed by atoms with van der Waals surface area (Å²) < 4.78 is 27.7. The van der Waals surface area contributed by atoms with Crippen LogP contribution in [-0.2, 0) is 10.0 Å². The molecule has 5 nitrogen and oxygen atoms in total. The van der Waals surface area contributed by atoms with E-state index in [0.29, 0.717) is 17.8 Å². The Hall–Kier alpha value is -2.34. The highest BCUT2D eigenvalue weighted by Gasteiger charge is 2.17. The Kier molecular flexibility index (Phi) is 5.62. The molecule has 0 aliphatic heterocycles. The van der Waals surface area contributed by atoms with Crippen LogP contribution in [0, 0.1) is 13.8 Å². The minimum Gasteiger partial charge on any atom is -0.352 e. The number of sulfonamides is 1. The number of hydrogen-bond acceptors (Lipinski definition) is 3. The minimum absolute atomic E-state index is 0.122. The average molecular weight is 346 g/mol. The smallest absolute Gasteiger partial charge is 0.261 e. The van der Waals surface area contributed by atoms with Crippen molar-refractivity contribution in [3.63, 3.8) is 0 Å². The predicted octanol–water partition coefficient (Wildman–Crippen LogP) is 3.24. The van der Waals surface area contributed by atoms with Gasteiger partial charge < -0.3 is 5.32 Å². The summed E-state index contributed by atoms with van der Waals surface area (Å²) in [6, 6.07) is 11.5. The van der Waals surface area contributed by atoms with Gasteiger partial charge in [-0.1, -0.05) is 25.1 Å². The zero-order valence-electron chi connectivity index (χ0n) is 14.1. The molecule has 0 unspecified atom stereocenters. The molecule has 0 spiro atoms. The first-order chi connectivity index (χ1) is 11.3. The Labute approximate surface area is 143 Å². The molecule has 0 aromatic heterocycles. The largest absolute Gasteiger partial charge is 0.352 e. The molecular weight excluding hydrogens is 324 g/mol. The third-order valence-corrected chi connectivity index (χ3v) is 5.05. The Morgan fingerprint density at radius 3 is 2.12 bits per heavy atom. The van der Waals surface area contributed by atoms with Gasteiger partial charge in [0.25, 0.3) is 15.9 Å². The number of nitrogens with one attached hydrogen (secondary N) is 2. The molecule has 0 aliphatic rings. The number of carbonyl (C=O) groups is 1. The van der Waals surface area contributed by atoms with Crippen LogP contribution in [0.3, 0.4) is 0 Å². The van der Waals surface area contributed by atoms with Crippen molar-refractivity contribution in [3.05, 3.63) is 59.2 Å². The topological polar surface area (TPSA) is 75.3 Å². The van der Waals surface area contributed by atoms with Gasteiger partial charge >= 0.3 is 0 Å². The van der Waals surface area contributed by atoms with Crippen LogP contribution in [0.15, 0.2) is 47.4 Å². The van der Waals surface area contributed by atoms with E-state index in [-0.39, 0.29) is 10.8 Å². The number of aryl methyl sites for hydroxylation is 2. The fourth-order valence-corrected chi connectivity index (χ4v) is 3.50. The van der Waals surface area contributed by atoms with Crippen LogP contribution in [0.4, 0.5) is 5.69 Å². The zero-order chi connectivity index (χ0) is 17.7. The fourth-order valence-electron chi connectivity index (χ4n) is 2.29. The second-order valence-corrected chi connectivity index (χ2v) is 7.33. The molecule has 2 aromatic rings. The van der Waals surface area contributed by atoms with Crippen molar-refractivity contribution in [2.24, 2.45) is 0 Å². The third kappa shape index (κ3) is 4.14. The van der Waals surface area contributed by atoms with E-state index in [1.165, 1.54) is 24.3 Å². The molecule has 0 heterocycles. The highest BCUT2D eigenvalue weighted by atomic mass is 32.2. The first-order valence-electron chi connectivity index (χ1n) is 7.82. The molecule has 2 rings (SSSR count). The Bertz CT molecular complexity index is 808. The summed E-state index contributed by atoms with van der Waals surface area (Å²) in [6.07, 6.45) is 0.845. The summed E-state index contributed by atoms with van der Waals surface area (Å²) in [5, 5.41) is 2.76. The first kappa shape index (κ1) is 18.0. The summed E-state index contributed by atoms with van der Waals surface area (Å²) in [4.78, 5) is 12.0. The maximum absolute atomic E-state index is 12.5. The molecular formula is C18H22N2O3S. The van der Waals surface area contributed by atoms with Crippen molar-refractivity contribution in [2.45, 2.75) is 32.1 Å². The highest BCUT2D eigenvalue weighted by Crippen LogP contribution is 2.23. The van der Waals surface area contributed by atoms with Crippen LogP contribution < -0.4 is 10.0 Å². The molecule has 0 fully saturated rings. The van der Waals surface area contributed by atoms with E-state index in [9.17, 15) is 13.2 Å². The molecule has 0 atom stereocenters. The maximum atomic E-state index is 12.5. The summed E-state index contributed by atoms with van der Waals surface area (Å²) >= 11 is 0. The van der Waals surface area contributed by atoms with Crippen LogP contribution in [0.2, 0.25) is 0 Å². The molecule has 0 aliphatic carbocycles. The molecule has 0 saturated carbocycles. The summed E-state index contributed by atoms with van der Waals surface area (Å²) in [7, 11) is -3.70. The van der Waals surface area contributed by atoms with Crippen LogP contribution in [0.5, 0.6) is 0 Å². The van der Waals surface area contributed by atoms with E-state index >= 15 is 0 Å². The number of amides is 1. The van der Waals surface area contributed by atoms with Crippen molar-refractivity contribution < 1.29 is 13.2 Å². The number of benzene rings is 2. The van der Waals surface area contributed by atoms with E-state index in [1.54, 1.807) is 0 Å². The van der Waals surface area contributed by atoms with Crippen molar-refractivity contribution in [1.29, 1.82) is 0 Å². The summed E-state index contributed by atoms with van der Waals surface area (Å²) in [6.45, 7) is 6.26. The van der Waals surface area contributed by atoms with Crippen molar-refractivity contribution in [1.82, 2.24) is 5.32 Å². The third-order valence-electron chi connectivity index (χ3n) is 3.68. The Morgan fingerprint density at radius 1 is 1.00 bits per heavy atom. The second-order valence-electron chi connectivity index (χ2n) is 5.65. The quantitative estimate of drug-likeness (QED) is 0.843. The van der Waals surface area contributed by atoms with Gasteiger partial charge in [0.05, 0.1) is 10.6 Å². The van der Waals surface area contributed by atoms with E-state index < -0.39 is 10.0 Å². The average Bonchev–Trinajstić information content (AvgIpc) is 2.56. The molecule has 6 heteroatoms. The van der Waals surface area contributed by atoms with Gasteiger partial charge in [0.15, 0.2) is 0 Å². The highest BCUT2D eigenvalue weighted by molar-refractivity contribution is 7.92. The van der Waals surface area contributed by atoms with E-state index in [1.807, 2.05) is 39.0 Å². The number of anilines is 1. The first-order valence-corrected chi connectivity index (χ1v) is 9.30. The minimum atomic E-state index is -3.70. The molecule has 128 valence electrons. The lowest BCUT2D eigenvalue weighted by atomic mass is 10.1. The Morgan fingerprint density at radius 2 is 1.58 bits per heavy atom. The van der Waals surface area contributed by atoms with Crippen molar-refractivity contribution in [2.75, 3.05) is 11.3 Å². The summed E-state index contributed by atoms with van der Waals surface area (Å²) in [5.74, 6) is -0.205. The zero-order valence-corrected chi connectivity index (χ0v) is 14.9. The lowest BCUT2D eigenvalue weighted by molar-refractivity contribution is 0.0953. The van der Waals surface area contributed by atoms with Gasteiger partial charge in [0.2, 0.25) is 0 Å². The molecule has 0 saturated heterocycles. The number of hydrogen-bond donors (Lipinski definition) is 2. The lowest BCUT2D eigenvalue weighted by Gasteiger charge is -2.13. The van der Waals surface area contributed by atoms with Gasteiger partial charge in [0, 0.05) is 12.1 Å².